The van der Waals surface area contributed by atoms with Gasteiger partial charge in [0.25, 0.3) is 0 Å². The van der Waals surface area contributed by atoms with E-state index in [4.69, 9.17) is 16.1 Å². The topological polar surface area (TPSA) is 115 Å². The smallest absolute Gasteiger partial charge is 0.129 e. The molecule has 3 heterocycles. The number of nitrogens with one attached hydrogen (secondary N) is 3. The second-order valence-corrected chi connectivity index (χ2v) is 7.79. The minimum atomic E-state index is 0.398. The maximum Gasteiger partial charge on any atom is 0.129 e. The molecular weight excluding hydrogens is 388 g/mol. The summed E-state index contributed by atoms with van der Waals surface area (Å²) >= 11 is 0. The van der Waals surface area contributed by atoms with Crippen LogP contribution < -0.4 is 21.3 Å². The van der Waals surface area contributed by atoms with Gasteiger partial charge >= 0.3 is 0 Å². The summed E-state index contributed by atoms with van der Waals surface area (Å²) in [5.41, 5.74) is 10.3. The Kier molecular flexibility index (Phi) is 7.36. The van der Waals surface area contributed by atoms with Gasteiger partial charge in [0.1, 0.15) is 5.82 Å². The highest BCUT2D eigenvalue weighted by atomic mass is 15.3. The van der Waals surface area contributed by atoms with Gasteiger partial charge in [-0.25, -0.2) is 4.98 Å². The van der Waals surface area contributed by atoms with Crippen molar-refractivity contribution in [3.63, 3.8) is 0 Å². The van der Waals surface area contributed by atoms with Crippen molar-refractivity contribution in [2.45, 2.75) is 32.9 Å². The number of rotatable bonds is 7. The number of piperazine rings is 1. The maximum absolute atomic E-state index is 7.73. The van der Waals surface area contributed by atoms with Crippen LogP contribution in [0.2, 0.25) is 0 Å². The van der Waals surface area contributed by atoms with E-state index in [-0.39, 0.29) is 0 Å². The summed E-state index contributed by atoms with van der Waals surface area (Å²) in [7, 11) is 1.74. The summed E-state index contributed by atoms with van der Waals surface area (Å²) in [6.45, 7) is 8.94. The fourth-order valence-corrected chi connectivity index (χ4v) is 3.85. The largest absolute Gasteiger partial charge is 0.397 e. The van der Waals surface area contributed by atoms with E-state index >= 15 is 0 Å². The molecule has 0 saturated carbocycles. The van der Waals surface area contributed by atoms with Crippen LogP contribution in [0.1, 0.15) is 37.7 Å². The normalized spacial score (nSPS) is 19.9. The third kappa shape index (κ3) is 5.27. The Morgan fingerprint density at radius 1 is 1.32 bits per heavy atom. The zero-order valence-corrected chi connectivity index (χ0v) is 18.7. The molecule has 1 saturated heterocycles. The predicted octanol–water partition coefficient (Wildman–Crippen LogP) is 2.31. The molecule has 1 aliphatic rings. The third-order valence-electron chi connectivity index (χ3n) is 5.19. The first-order chi connectivity index (χ1) is 15.0. The molecule has 0 unspecified atom stereocenters. The molecule has 0 amide bonds. The Labute approximate surface area is 184 Å². The van der Waals surface area contributed by atoms with Crippen molar-refractivity contribution in [1.82, 2.24) is 20.6 Å². The van der Waals surface area contributed by atoms with Crippen molar-refractivity contribution in [2.24, 2.45) is 4.99 Å². The first kappa shape index (κ1) is 22.4. The minimum absolute atomic E-state index is 0.398. The van der Waals surface area contributed by atoms with Crippen molar-refractivity contribution >= 4 is 29.0 Å². The van der Waals surface area contributed by atoms with Crippen LogP contribution in [0.4, 0.5) is 11.5 Å². The van der Waals surface area contributed by atoms with Crippen LogP contribution in [0.3, 0.4) is 0 Å². The van der Waals surface area contributed by atoms with Gasteiger partial charge in [0.15, 0.2) is 0 Å². The summed E-state index contributed by atoms with van der Waals surface area (Å²) in [6, 6.07) is 8.66. The Hall–Kier alpha value is -3.26. The van der Waals surface area contributed by atoms with Gasteiger partial charge in [-0.2, -0.15) is 0 Å². The lowest BCUT2D eigenvalue weighted by Gasteiger charge is -2.37. The van der Waals surface area contributed by atoms with Crippen LogP contribution in [0.5, 0.6) is 0 Å². The van der Waals surface area contributed by atoms with E-state index in [1.807, 2.05) is 31.2 Å². The lowest BCUT2D eigenvalue weighted by Crippen LogP contribution is -2.54. The molecule has 2 aromatic rings. The van der Waals surface area contributed by atoms with Crippen LogP contribution >= 0.6 is 0 Å². The van der Waals surface area contributed by atoms with Gasteiger partial charge in [0.05, 0.1) is 29.0 Å². The molecule has 0 aliphatic carbocycles. The van der Waals surface area contributed by atoms with Crippen LogP contribution in [0.15, 0.2) is 41.7 Å². The van der Waals surface area contributed by atoms with Gasteiger partial charge in [-0.1, -0.05) is 6.07 Å². The third-order valence-corrected chi connectivity index (χ3v) is 5.19. The molecule has 3 rings (SSSR count). The van der Waals surface area contributed by atoms with Gasteiger partial charge in [-0.15, -0.1) is 0 Å². The number of nitrogens with two attached hydrogens (primary N) is 1. The number of pyridine rings is 2. The van der Waals surface area contributed by atoms with Gasteiger partial charge < -0.3 is 26.7 Å². The van der Waals surface area contributed by atoms with E-state index in [0.29, 0.717) is 34.7 Å². The number of nitrogens with zero attached hydrogens (tertiary/aromatic N) is 4. The Balaban J connectivity index is 1.98. The average molecular weight is 421 g/mol. The van der Waals surface area contributed by atoms with E-state index in [0.717, 1.165) is 36.7 Å². The number of hydrogen-bond acceptors (Lipinski definition) is 8. The molecule has 164 valence electrons. The van der Waals surface area contributed by atoms with Gasteiger partial charge in [0, 0.05) is 62.3 Å². The Morgan fingerprint density at radius 2 is 2.06 bits per heavy atom. The van der Waals surface area contributed by atoms with Gasteiger partial charge in [-0.05, 0) is 39.0 Å². The highest BCUT2D eigenvalue weighted by Gasteiger charge is 2.23. The Bertz CT molecular complexity index is 971. The van der Waals surface area contributed by atoms with Crippen LogP contribution in [0, 0.1) is 5.41 Å². The molecule has 5 N–H and O–H groups in total. The standard InChI is InChI=1S/C23H32N8/c1-5-27-11-17(10-24)21-9-18(19(25)12-28-21)23(26-4)20-7-6-8-22(30-20)31-13-15(2)29-16(3)14-31/h6-12,15-16,24,27,29H,5,13-14,25H2,1-4H3/b17-11+,24-10?,26-23+/t15-,16+. The van der Waals surface area contributed by atoms with Crippen LogP contribution in [-0.2, 0) is 0 Å². The highest BCUT2D eigenvalue weighted by Crippen LogP contribution is 2.22. The molecule has 31 heavy (non-hydrogen) atoms. The summed E-state index contributed by atoms with van der Waals surface area (Å²) in [5.74, 6) is 0.930. The number of anilines is 2. The number of hydrogen-bond donors (Lipinski definition) is 4. The van der Waals surface area contributed by atoms with Gasteiger partial charge in [-0.3, -0.25) is 9.98 Å². The molecule has 1 fully saturated rings. The lowest BCUT2D eigenvalue weighted by molar-refractivity contribution is 0.405. The fraction of sp³-hybridized carbons (Fsp3) is 0.391. The van der Waals surface area contributed by atoms with Crippen molar-refractivity contribution in [1.29, 1.82) is 5.41 Å². The first-order valence-electron chi connectivity index (χ1n) is 10.6. The average Bonchev–Trinajstić information content (AvgIpc) is 2.76. The molecule has 0 radical (unpaired) electrons. The first-order valence-corrected chi connectivity index (χ1v) is 10.6. The molecule has 1 aliphatic heterocycles. The maximum atomic E-state index is 7.73. The molecule has 2 atom stereocenters. The highest BCUT2D eigenvalue weighted by molar-refractivity contribution is 6.16. The van der Waals surface area contributed by atoms with Crippen LogP contribution in [0.25, 0.3) is 5.57 Å². The van der Waals surface area contributed by atoms with E-state index in [9.17, 15) is 0 Å². The zero-order valence-electron chi connectivity index (χ0n) is 18.7. The molecule has 2 aromatic heterocycles. The second-order valence-electron chi connectivity index (χ2n) is 7.79. The Morgan fingerprint density at radius 3 is 2.71 bits per heavy atom. The molecular formula is C23H32N8. The molecule has 0 bridgehead atoms. The van der Waals surface area contributed by atoms with E-state index in [1.165, 1.54) is 6.21 Å². The van der Waals surface area contributed by atoms with Crippen LogP contribution in [-0.4, -0.2) is 60.7 Å². The zero-order chi connectivity index (χ0) is 22.4. The number of aromatic nitrogens is 2. The fourth-order valence-electron chi connectivity index (χ4n) is 3.85. The summed E-state index contributed by atoms with van der Waals surface area (Å²) < 4.78 is 0. The van der Waals surface area contributed by atoms with E-state index < -0.39 is 0 Å². The predicted molar refractivity (Wildman–Crippen MR) is 129 cm³/mol. The molecule has 8 heteroatoms. The molecule has 0 aromatic carbocycles. The van der Waals surface area contributed by atoms with Gasteiger partial charge in [0.2, 0.25) is 0 Å². The monoisotopic (exact) mass is 420 g/mol. The number of aliphatic imine (C=N–C) groups is 1. The van der Waals surface area contributed by atoms with Crippen molar-refractivity contribution < 1.29 is 0 Å². The summed E-state index contributed by atoms with van der Waals surface area (Å²) in [5, 5.41) is 14.4. The number of allylic oxidation sites excluding steroid dienone is 1. The quantitative estimate of drug-likeness (QED) is 0.511. The molecule has 0 spiro atoms. The van der Waals surface area contributed by atoms with Crippen molar-refractivity contribution in [2.75, 3.05) is 37.3 Å². The van der Waals surface area contributed by atoms with E-state index in [2.05, 4.69) is 39.4 Å². The SMILES string of the molecule is CCN/C=C(\C=N)c1cc(/C(=N\C)c2cccc(N3C[C@@H](C)N[C@@H](C)C3)n2)c(N)cn1. The van der Waals surface area contributed by atoms with Crippen molar-refractivity contribution in [3.05, 3.63) is 53.6 Å². The summed E-state index contributed by atoms with van der Waals surface area (Å²) in [6.07, 6.45) is 4.67. The number of nitrogen functional groups attached to an aromatic ring is 1. The second kappa shape index (κ2) is 10.2. The minimum Gasteiger partial charge on any atom is -0.397 e. The molecule has 8 nitrogen and oxygen atoms in total. The lowest BCUT2D eigenvalue weighted by atomic mass is 10.0. The summed E-state index contributed by atoms with van der Waals surface area (Å²) in [4.78, 5) is 16.1. The van der Waals surface area contributed by atoms with E-state index in [1.54, 1.807) is 19.4 Å². The van der Waals surface area contributed by atoms with Crippen molar-refractivity contribution in [3.8, 4) is 0 Å².